The van der Waals surface area contributed by atoms with Crippen LogP contribution in [0.5, 0.6) is 0 Å². The van der Waals surface area contributed by atoms with Crippen molar-refractivity contribution in [2.75, 3.05) is 0 Å². The highest BCUT2D eigenvalue weighted by atomic mass is 19.1. The van der Waals surface area contributed by atoms with Gasteiger partial charge in [-0.3, -0.25) is 4.98 Å². The van der Waals surface area contributed by atoms with E-state index in [-0.39, 0.29) is 24.1 Å². The Morgan fingerprint density at radius 1 is 1.19 bits per heavy atom. The van der Waals surface area contributed by atoms with Gasteiger partial charge in [0.05, 0.1) is 0 Å². The predicted molar refractivity (Wildman–Crippen MR) is 99.7 cm³/mol. The topological polar surface area (TPSA) is 55.3 Å². The van der Waals surface area contributed by atoms with Gasteiger partial charge in [-0.15, -0.1) is 0 Å². The van der Waals surface area contributed by atoms with Crippen LogP contribution in [0.2, 0.25) is 0 Å². The van der Waals surface area contributed by atoms with E-state index in [1.54, 1.807) is 12.3 Å². The predicted octanol–water partition coefficient (Wildman–Crippen LogP) is 4.54. The van der Waals surface area contributed by atoms with Crippen LogP contribution in [-0.2, 0) is 4.74 Å². The van der Waals surface area contributed by atoms with Gasteiger partial charge >= 0.3 is 6.09 Å². The largest absolute Gasteiger partial charge is 0.444 e. The van der Waals surface area contributed by atoms with E-state index in [4.69, 9.17) is 4.74 Å². The van der Waals surface area contributed by atoms with Crippen LogP contribution < -0.4 is 0 Å². The van der Waals surface area contributed by atoms with Gasteiger partial charge in [-0.25, -0.2) is 9.78 Å². The van der Waals surface area contributed by atoms with E-state index in [1.807, 2.05) is 31.9 Å². The third kappa shape index (κ3) is 3.53. The Hall–Kier alpha value is -2.50. The highest BCUT2D eigenvalue weighted by molar-refractivity contribution is 5.70. The maximum atomic E-state index is 13.1. The maximum absolute atomic E-state index is 13.1. The van der Waals surface area contributed by atoms with Gasteiger partial charge in [0.15, 0.2) is 0 Å². The highest BCUT2D eigenvalue weighted by Crippen LogP contribution is 2.47. The SMILES string of the molecule is CC(C)(C)OC(=O)N1[C@H]2CC[C@@H]1[C@@H](c1cncc(-c3ccc(F)nc3)c1)C2. The molecule has 2 fully saturated rings. The number of ether oxygens (including phenoxy) is 1. The maximum Gasteiger partial charge on any atom is 0.410 e. The van der Waals surface area contributed by atoms with Crippen LogP contribution in [0.1, 0.15) is 51.5 Å². The molecule has 0 saturated carbocycles. The number of aromatic nitrogens is 2. The van der Waals surface area contributed by atoms with Crippen LogP contribution in [0.4, 0.5) is 9.18 Å². The third-order valence-corrected chi connectivity index (χ3v) is 5.39. The number of pyridine rings is 2. The third-order valence-electron chi connectivity index (χ3n) is 5.39. The number of hydrogen-bond donors (Lipinski definition) is 0. The van der Waals surface area contributed by atoms with Crippen molar-refractivity contribution >= 4 is 6.09 Å². The smallest absolute Gasteiger partial charge is 0.410 e. The summed E-state index contributed by atoms with van der Waals surface area (Å²) in [7, 11) is 0. The van der Waals surface area contributed by atoms with E-state index in [2.05, 4.69) is 16.0 Å². The lowest BCUT2D eigenvalue weighted by molar-refractivity contribution is 0.0213. The van der Waals surface area contributed by atoms with Crippen LogP contribution in [0.25, 0.3) is 11.1 Å². The monoisotopic (exact) mass is 369 g/mol. The number of rotatable bonds is 2. The van der Waals surface area contributed by atoms with Crippen molar-refractivity contribution in [3.05, 3.63) is 48.3 Å². The van der Waals surface area contributed by atoms with Crippen molar-refractivity contribution in [2.24, 2.45) is 0 Å². The zero-order chi connectivity index (χ0) is 19.2. The Morgan fingerprint density at radius 3 is 2.70 bits per heavy atom. The van der Waals surface area contributed by atoms with Gasteiger partial charge in [-0.05, 0) is 63.8 Å². The van der Waals surface area contributed by atoms with Crippen molar-refractivity contribution in [2.45, 2.75) is 63.6 Å². The van der Waals surface area contributed by atoms with E-state index in [0.717, 1.165) is 36.0 Å². The van der Waals surface area contributed by atoms with Crippen LogP contribution >= 0.6 is 0 Å². The molecule has 6 heteroatoms. The minimum atomic E-state index is -0.496. The molecular weight excluding hydrogens is 345 g/mol. The van der Waals surface area contributed by atoms with Crippen LogP contribution in [0.15, 0.2) is 36.8 Å². The number of carbonyl (C=O) groups is 1. The zero-order valence-electron chi connectivity index (χ0n) is 15.9. The molecule has 0 spiro atoms. The van der Waals surface area contributed by atoms with E-state index < -0.39 is 11.5 Å². The lowest BCUT2D eigenvalue weighted by atomic mass is 9.84. The number of carbonyl (C=O) groups excluding carboxylic acids is 1. The van der Waals surface area contributed by atoms with Gasteiger partial charge in [-0.1, -0.05) is 0 Å². The summed E-state index contributed by atoms with van der Waals surface area (Å²) in [6, 6.07) is 5.51. The molecule has 27 heavy (non-hydrogen) atoms. The first kappa shape index (κ1) is 17.9. The molecule has 2 aromatic heterocycles. The second-order valence-corrected chi connectivity index (χ2v) is 8.40. The van der Waals surface area contributed by atoms with Crippen molar-refractivity contribution in [3.8, 4) is 11.1 Å². The standard InChI is InChI=1S/C21H24FN3O2/c1-21(2,3)27-20(26)25-16-5-6-18(25)17(9-16)15-8-14(10-23-11-15)13-4-7-19(22)24-12-13/h4,7-8,10-12,16-18H,5-6,9H2,1-3H3/t16-,17+,18+/m0/s1. The lowest BCUT2D eigenvalue weighted by Gasteiger charge is -2.28. The molecule has 5 nitrogen and oxygen atoms in total. The summed E-state index contributed by atoms with van der Waals surface area (Å²) in [6.45, 7) is 5.68. The number of nitrogens with zero attached hydrogens (tertiary/aromatic N) is 3. The lowest BCUT2D eigenvalue weighted by Crippen LogP contribution is -2.40. The van der Waals surface area contributed by atoms with E-state index in [0.29, 0.717) is 0 Å². The van der Waals surface area contributed by atoms with Crippen LogP contribution in [0.3, 0.4) is 0 Å². The molecule has 0 aliphatic carbocycles. The summed E-state index contributed by atoms with van der Waals surface area (Å²) in [4.78, 5) is 22.7. The molecule has 0 aromatic carbocycles. The minimum absolute atomic E-state index is 0.147. The van der Waals surface area contributed by atoms with Crippen LogP contribution in [0, 0.1) is 5.95 Å². The minimum Gasteiger partial charge on any atom is -0.444 e. The molecule has 2 aliphatic rings. The Labute approximate surface area is 158 Å². The van der Waals surface area contributed by atoms with Gasteiger partial charge in [0, 0.05) is 47.7 Å². The average Bonchev–Trinajstić information content (AvgIpc) is 3.19. The van der Waals surface area contributed by atoms with Gasteiger partial charge in [0.25, 0.3) is 0 Å². The molecule has 0 radical (unpaired) electrons. The van der Waals surface area contributed by atoms with E-state index in [9.17, 15) is 9.18 Å². The first-order chi connectivity index (χ1) is 12.8. The molecule has 2 bridgehead atoms. The molecule has 4 rings (SSSR count). The molecule has 2 aromatic rings. The Kier molecular flexibility index (Phi) is 4.36. The summed E-state index contributed by atoms with van der Waals surface area (Å²) in [6.07, 6.45) is 7.87. The van der Waals surface area contributed by atoms with Crippen molar-refractivity contribution in [1.29, 1.82) is 0 Å². The quantitative estimate of drug-likeness (QED) is 0.730. The summed E-state index contributed by atoms with van der Waals surface area (Å²) >= 11 is 0. The highest BCUT2D eigenvalue weighted by Gasteiger charge is 2.50. The summed E-state index contributed by atoms with van der Waals surface area (Å²) in [5.74, 6) is -0.249. The second-order valence-electron chi connectivity index (χ2n) is 8.40. The molecule has 1 amide bonds. The molecule has 4 heterocycles. The zero-order valence-corrected chi connectivity index (χ0v) is 15.9. The molecule has 2 saturated heterocycles. The van der Waals surface area contributed by atoms with Crippen molar-refractivity contribution in [3.63, 3.8) is 0 Å². The van der Waals surface area contributed by atoms with Crippen LogP contribution in [-0.4, -0.2) is 38.6 Å². The molecule has 0 unspecified atom stereocenters. The first-order valence-electron chi connectivity index (χ1n) is 9.40. The Balaban J connectivity index is 1.57. The van der Waals surface area contributed by atoms with Crippen molar-refractivity contribution in [1.82, 2.24) is 14.9 Å². The second kappa shape index (κ2) is 6.59. The van der Waals surface area contributed by atoms with Gasteiger partial charge < -0.3 is 9.64 Å². The number of halogens is 1. The van der Waals surface area contributed by atoms with E-state index >= 15 is 0 Å². The normalized spacial score (nSPS) is 24.3. The molecule has 142 valence electrons. The summed E-state index contributed by atoms with van der Waals surface area (Å²) < 4.78 is 18.7. The van der Waals surface area contributed by atoms with Gasteiger partial charge in [-0.2, -0.15) is 4.39 Å². The van der Waals surface area contributed by atoms with Crippen molar-refractivity contribution < 1.29 is 13.9 Å². The number of amides is 1. The average molecular weight is 369 g/mol. The van der Waals surface area contributed by atoms with E-state index in [1.165, 1.54) is 12.3 Å². The first-order valence-corrected chi connectivity index (χ1v) is 9.40. The fourth-order valence-electron chi connectivity index (χ4n) is 4.31. The molecule has 0 N–H and O–H groups in total. The fraction of sp³-hybridized carbons (Fsp3) is 0.476. The molecular formula is C21H24FN3O2. The Bertz CT molecular complexity index is 847. The molecule has 3 atom stereocenters. The summed E-state index contributed by atoms with van der Waals surface area (Å²) in [5.41, 5.74) is 2.35. The summed E-state index contributed by atoms with van der Waals surface area (Å²) in [5, 5.41) is 0. The number of hydrogen-bond acceptors (Lipinski definition) is 4. The number of fused-ring (bicyclic) bond motifs is 2. The van der Waals surface area contributed by atoms with Gasteiger partial charge in [0.2, 0.25) is 5.95 Å². The van der Waals surface area contributed by atoms with Gasteiger partial charge in [0.1, 0.15) is 5.60 Å². The fourth-order valence-corrected chi connectivity index (χ4v) is 4.31. The molecule has 2 aliphatic heterocycles. The Morgan fingerprint density at radius 2 is 2.00 bits per heavy atom.